The highest BCUT2D eigenvalue weighted by molar-refractivity contribution is 6.30. The van der Waals surface area contributed by atoms with Crippen LogP contribution in [-0.4, -0.2) is 52.3 Å². The SMILES string of the molecule is CC[C@@H](C(=O)OC)N1C(=O)[C@@](C)(C[C@H]2C[C@H](O)C(C)(C)[C@H]2O)C[C@H](c2cccc(Cl)c2)[C@H]1c1ccc(Cl)cc1. The predicted molar refractivity (Wildman–Crippen MR) is 153 cm³/mol. The van der Waals surface area contributed by atoms with Gasteiger partial charge in [0.15, 0.2) is 0 Å². The van der Waals surface area contributed by atoms with Gasteiger partial charge >= 0.3 is 5.97 Å². The summed E-state index contributed by atoms with van der Waals surface area (Å²) in [4.78, 5) is 29.4. The summed E-state index contributed by atoms with van der Waals surface area (Å²) in [5, 5.41) is 23.0. The molecule has 0 spiro atoms. The molecule has 39 heavy (non-hydrogen) atoms. The molecule has 2 fully saturated rings. The number of nitrogens with zero attached hydrogens (tertiary/aromatic N) is 1. The lowest BCUT2D eigenvalue weighted by molar-refractivity contribution is -0.167. The average molecular weight is 577 g/mol. The highest BCUT2D eigenvalue weighted by atomic mass is 35.5. The molecule has 6 nitrogen and oxygen atoms in total. The number of carbonyl (C=O) groups is 2. The molecule has 1 amide bonds. The lowest BCUT2D eigenvalue weighted by Gasteiger charge is -2.52. The second-order valence-corrected chi connectivity index (χ2v) is 12.9. The van der Waals surface area contributed by atoms with Crippen molar-refractivity contribution in [2.75, 3.05) is 7.11 Å². The molecule has 212 valence electrons. The highest BCUT2D eigenvalue weighted by Gasteiger charge is 2.56. The van der Waals surface area contributed by atoms with Crippen LogP contribution in [0.2, 0.25) is 10.0 Å². The van der Waals surface area contributed by atoms with Gasteiger partial charge in [0.2, 0.25) is 5.91 Å². The van der Waals surface area contributed by atoms with Crippen molar-refractivity contribution in [1.29, 1.82) is 0 Å². The van der Waals surface area contributed by atoms with Gasteiger partial charge in [0, 0.05) is 26.8 Å². The van der Waals surface area contributed by atoms with Crippen LogP contribution >= 0.6 is 23.2 Å². The van der Waals surface area contributed by atoms with E-state index in [9.17, 15) is 19.8 Å². The number of halogens is 2. The molecule has 0 aromatic heterocycles. The molecule has 2 N–H and O–H groups in total. The third kappa shape index (κ3) is 5.58. The third-order valence-electron chi connectivity index (χ3n) is 9.09. The monoisotopic (exact) mass is 575 g/mol. The summed E-state index contributed by atoms with van der Waals surface area (Å²) in [5.74, 6) is -1.11. The standard InChI is InChI=1S/C31H39Cl2NO5/c1-6-24(28(37)39-5)34-26(18-10-12-21(32)13-11-18)23(19-8-7-9-22(33)14-19)17-31(4,29(34)38)16-20-15-25(35)30(2,3)27(20)36/h7-14,20,23-27,35-36H,6,15-17H2,1-5H3/t20-,23-,24+,25+,26-,27+,31+/m1/s1. The topological polar surface area (TPSA) is 87.1 Å². The minimum absolute atomic E-state index is 0.163. The number of rotatable bonds is 7. The summed E-state index contributed by atoms with van der Waals surface area (Å²) >= 11 is 12.7. The van der Waals surface area contributed by atoms with E-state index >= 15 is 0 Å². The lowest BCUT2D eigenvalue weighted by Crippen LogP contribution is -2.58. The number of aliphatic hydroxyl groups excluding tert-OH is 2. The predicted octanol–water partition coefficient (Wildman–Crippen LogP) is 6.17. The van der Waals surface area contributed by atoms with E-state index in [2.05, 4.69) is 0 Å². The van der Waals surface area contributed by atoms with Gasteiger partial charge in [-0.3, -0.25) is 4.79 Å². The van der Waals surface area contributed by atoms with Gasteiger partial charge in [-0.05, 0) is 67.0 Å². The van der Waals surface area contributed by atoms with Crippen molar-refractivity contribution in [3.8, 4) is 0 Å². The molecular weight excluding hydrogens is 537 g/mol. The maximum absolute atomic E-state index is 14.6. The van der Waals surface area contributed by atoms with Crippen LogP contribution in [-0.2, 0) is 14.3 Å². The lowest BCUT2D eigenvalue weighted by atomic mass is 9.64. The van der Waals surface area contributed by atoms with E-state index < -0.39 is 41.1 Å². The van der Waals surface area contributed by atoms with Crippen molar-refractivity contribution in [1.82, 2.24) is 4.90 Å². The second-order valence-electron chi connectivity index (χ2n) is 12.1. The number of ether oxygens (including phenoxy) is 1. The number of benzene rings is 2. The fraction of sp³-hybridized carbons (Fsp3) is 0.548. The van der Waals surface area contributed by atoms with E-state index in [4.69, 9.17) is 27.9 Å². The molecule has 1 aliphatic heterocycles. The number of piperidine rings is 1. The zero-order chi connectivity index (χ0) is 28.7. The quantitative estimate of drug-likeness (QED) is 0.386. The molecule has 1 heterocycles. The van der Waals surface area contributed by atoms with Gasteiger partial charge in [-0.25, -0.2) is 4.79 Å². The van der Waals surface area contributed by atoms with Crippen LogP contribution in [0.1, 0.15) is 76.5 Å². The molecular formula is C31H39Cl2NO5. The number of hydrogen-bond donors (Lipinski definition) is 2. The summed E-state index contributed by atoms with van der Waals surface area (Å²) in [5.41, 5.74) is 0.232. The maximum atomic E-state index is 14.6. The molecule has 2 aromatic carbocycles. The van der Waals surface area contributed by atoms with Gasteiger partial charge in [-0.2, -0.15) is 0 Å². The Morgan fingerprint density at radius 2 is 1.74 bits per heavy atom. The number of carbonyl (C=O) groups excluding carboxylic acids is 2. The summed E-state index contributed by atoms with van der Waals surface area (Å²) in [7, 11) is 1.34. The van der Waals surface area contributed by atoms with Gasteiger partial charge in [0.05, 0.1) is 25.4 Å². The van der Waals surface area contributed by atoms with Gasteiger partial charge in [-0.15, -0.1) is 0 Å². The molecule has 1 saturated carbocycles. The van der Waals surface area contributed by atoms with Crippen molar-refractivity contribution in [2.45, 2.75) is 83.6 Å². The first kappa shape index (κ1) is 29.9. The third-order valence-corrected chi connectivity index (χ3v) is 9.58. The van der Waals surface area contributed by atoms with Crippen molar-refractivity contribution >= 4 is 35.1 Å². The molecule has 1 aliphatic carbocycles. The van der Waals surface area contributed by atoms with Crippen LogP contribution in [0.25, 0.3) is 0 Å². The largest absolute Gasteiger partial charge is 0.467 e. The van der Waals surface area contributed by atoms with E-state index in [1.165, 1.54) is 7.11 Å². The smallest absolute Gasteiger partial charge is 0.328 e. The first-order valence-electron chi connectivity index (χ1n) is 13.6. The van der Waals surface area contributed by atoms with Crippen molar-refractivity contribution in [3.63, 3.8) is 0 Å². The Morgan fingerprint density at radius 3 is 2.28 bits per heavy atom. The molecule has 0 unspecified atom stereocenters. The minimum atomic E-state index is -0.914. The number of esters is 1. The number of methoxy groups -OCH3 is 1. The van der Waals surface area contributed by atoms with Crippen LogP contribution in [0.5, 0.6) is 0 Å². The number of aliphatic hydroxyl groups is 2. The van der Waals surface area contributed by atoms with E-state index in [0.29, 0.717) is 35.7 Å². The molecule has 0 radical (unpaired) electrons. The Bertz CT molecular complexity index is 1200. The van der Waals surface area contributed by atoms with Crippen LogP contribution in [0, 0.1) is 16.7 Å². The zero-order valence-corrected chi connectivity index (χ0v) is 24.7. The van der Waals surface area contributed by atoms with Gasteiger partial charge < -0.3 is 19.8 Å². The van der Waals surface area contributed by atoms with Crippen molar-refractivity contribution in [3.05, 3.63) is 69.7 Å². The van der Waals surface area contributed by atoms with E-state index in [1.807, 2.05) is 64.1 Å². The molecule has 2 aromatic rings. The van der Waals surface area contributed by atoms with Crippen LogP contribution in [0.15, 0.2) is 48.5 Å². The normalized spacial score (nSPS) is 31.3. The number of hydrogen-bond acceptors (Lipinski definition) is 5. The summed E-state index contributed by atoms with van der Waals surface area (Å²) in [6.07, 6.45) is 0.220. The van der Waals surface area contributed by atoms with Crippen LogP contribution in [0.3, 0.4) is 0 Å². The second kappa shape index (κ2) is 11.4. The zero-order valence-electron chi connectivity index (χ0n) is 23.2. The molecule has 0 bridgehead atoms. The van der Waals surface area contributed by atoms with Crippen LogP contribution in [0.4, 0.5) is 0 Å². The fourth-order valence-corrected chi connectivity index (χ4v) is 7.15. The molecule has 4 rings (SSSR count). The average Bonchev–Trinajstić information content (AvgIpc) is 3.09. The Kier molecular flexibility index (Phi) is 8.73. The van der Waals surface area contributed by atoms with Gasteiger partial charge in [0.1, 0.15) is 6.04 Å². The maximum Gasteiger partial charge on any atom is 0.328 e. The van der Waals surface area contributed by atoms with E-state index in [-0.39, 0.29) is 17.7 Å². The summed E-state index contributed by atoms with van der Waals surface area (Å²) in [6, 6.07) is 13.7. The molecule has 2 aliphatic rings. The highest BCUT2D eigenvalue weighted by Crippen LogP contribution is 2.55. The number of amides is 1. The Morgan fingerprint density at radius 1 is 1.08 bits per heavy atom. The number of likely N-dealkylation sites (tertiary alicyclic amines) is 1. The van der Waals surface area contributed by atoms with Gasteiger partial charge in [-0.1, -0.05) is 75.2 Å². The van der Waals surface area contributed by atoms with Crippen LogP contribution < -0.4 is 0 Å². The molecule has 1 saturated heterocycles. The van der Waals surface area contributed by atoms with Crippen molar-refractivity contribution in [2.24, 2.45) is 16.7 Å². The van der Waals surface area contributed by atoms with E-state index in [0.717, 1.165) is 11.1 Å². The van der Waals surface area contributed by atoms with Crippen molar-refractivity contribution < 1.29 is 24.5 Å². The summed E-state index contributed by atoms with van der Waals surface area (Å²) in [6.45, 7) is 7.50. The first-order chi connectivity index (χ1) is 18.3. The van der Waals surface area contributed by atoms with Gasteiger partial charge in [0.25, 0.3) is 0 Å². The fourth-order valence-electron chi connectivity index (χ4n) is 6.82. The summed E-state index contributed by atoms with van der Waals surface area (Å²) < 4.78 is 5.18. The molecule has 7 atom stereocenters. The first-order valence-corrected chi connectivity index (χ1v) is 14.4. The minimum Gasteiger partial charge on any atom is -0.467 e. The Hall–Kier alpha value is -2.12. The Labute approximate surface area is 241 Å². The Balaban J connectivity index is 1.87. The van der Waals surface area contributed by atoms with E-state index in [1.54, 1.807) is 17.0 Å². The molecule has 8 heteroatoms.